The van der Waals surface area contributed by atoms with Gasteiger partial charge in [0.25, 0.3) is 0 Å². The van der Waals surface area contributed by atoms with E-state index in [2.05, 4.69) is 39.9 Å². The average molecular weight is 256 g/mol. The second kappa shape index (κ2) is 7.12. The molecule has 0 saturated carbocycles. The first-order valence-corrected chi connectivity index (χ1v) is 9.38. The molecule has 0 heterocycles. The lowest BCUT2D eigenvalue weighted by atomic mass is 10.1. The van der Waals surface area contributed by atoms with Crippen molar-refractivity contribution in [2.75, 3.05) is 0 Å². The van der Waals surface area contributed by atoms with Crippen LogP contribution in [0.1, 0.15) is 47.0 Å². The Morgan fingerprint density at radius 3 is 2.29 bits per heavy atom. The molecule has 0 aromatic rings. The molecule has 100 valence electrons. The summed E-state index contributed by atoms with van der Waals surface area (Å²) in [6.45, 7) is 13.2. The second-order valence-electron chi connectivity index (χ2n) is 6.05. The van der Waals surface area contributed by atoms with Crippen LogP contribution in [-0.4, -0.2) is 20.7 Å². The number of aldehydes is 1. The minimum Gasteiger partial charge on any atom is -0.413 e. The van der Waals surface area contributed by atoms with Crippen molar-refractivity contribution in [2.24, 2.45) is 0 Å². The fourth-order valence-corrected chi connectivity index (χ4v) is 2.78. The smallest absolute Gasteiger partial charge is 0.192 e. The van der Waals surface area contributed by atoms with Gasteiger partial charge in [-0.15, -0.1) is 0 Å². The van der Waals surface area contributed by atoms with Crippen LogP contribution in [-0.2, 0) is 9.22 Å². The van der Waals surface area contributed by atoms with E-state index >= 15 is 0 Å². The molecule has 0 fully saturated rings. The van der Waals surface area contributed by atoms with E-state index in [1.807, 2.05) is 13.0 Å². The van der Waals surface area contributed by atoms with Gasteiger partial charge in [0.2, 0.25) is 0 Å². The SMILES string of the molecule is CC=CCCC(CC=O)O[Si](C)(C)C(C)(C)C. The third kappa shape index (κ3) is 6.17. The van der Waals surface area contributed by atoms with E-state index in [1.54, 1.807) is 0 Å². The summed E-state index contributed by atoms with van der Waals surface area (Å²) in [5.74, 6) is 0. The Hall–Kier alpha value is -0.413. The predicted octanol–water partition coefficient (Wildman–Crippen LogP) is 4.32. The third-order valence-electron chi connectivity index (χ3n) is 3.52. The van der Waals surface area contributed by atoms with E-state index in [9.17, 15) is 4.79 Å². The summed E-state index contributed by atoms with van der Waals surface area (Å²) in [7, 11) is -1.75. The summed E-state index contributed by atoms with van der Waals surface area (Å²) in [5.41, 5.74) is 0. The molecule has 0 aliphatic rings. The maximum absolute atomic E-state index is 10.7. The Morgan fingerprint density at radius 2 is 1.88 bits per heavy atom. The van der Waals surface area contributed by atoms with Gasteiger partial charge in [0.15, 0.2) is 8.32 Å². The zero-order valence-electron chi connectivity index (χ0n) is 12.2. The van der Waals surface area contributed by atoms with E-state index < -0.39 is 8.32 Å². The molecule has 0 aromatic heterocycles. The largest absolute Gasteiger partial charge is 0.413 e. The van der Waals surface area contributed by atoms with Gasteiger partial charge < -0.3 is 9.22 Å². The topological polar surface area (TPSA) is 26.3 Å². The zero-order valence-corrected chi connectivity index (χ0v) is 13.2. The maximum Gasteiger partial charge on any atom is 0.192 e. The van der Waals surface area contributed by atoms with Crippen molar-refractivity contribution in [1.29, 1.82) is 0 Å². The molecule has 1 unspecified atom stereocenters. The number of carbonyl (C=O) groups is 1. The van der Waals surface area contributed by atoms with Crippen LogP contribution in [0.3, 0.4) is 0 Å². The van der Waals surface area contributed by atoms with E-state index in [1.165, 1.54) is 0 Å². The zero-order chi connectivity index (χ0) is 13.5. The molecule has 1 atom stereocenters. The highest BCUT2D eigenvalue weighted by atomic mass is 28.4. The molecule has 0 N–H and O–H groups in total. The van der Waals surface area contributed by atoms with Crippen LogP contribution in [0.5, 0.6) is 0 Å². The molecular weight excluding hydrogens is 228 g/mol. The molecule has 17 heavy (non-hydrogen) atoms. The summed E-state index contributed by atoms with van der Waals surface area (Å²) < 4.78 is 6.26. The summed E-state index contributed by atoms with van der Waals surface area (Å²) in [6, 6.07) is 0. The highest BCUT2D eigenvalue weighted by Gasteiger charge is 2.38. The van der Waals surface area contributed by atoms with Crippen LogP contribution >= 0.6 is 0 Å². The number of hydrogen-bond acceptors (Lipinski definition) is 2. The van der Waals surface area contributed by atoms with Crippen molar-refractivity contribution in [3.63, 3.8) is 0 Å². The van der Waals surface area contributed by atoms with Crippen molar-refractivity contribution >= 4 is 14.6 Å². The Balaban J connectivity index is 4.47. The first-order valence-electron chi connectivity index (χ1n) is 6.47. The summed E-state index contributed by atoms with van der Waals surface area (Å²) in [6.07, 6.45) is 7.69. The summed E-state index contributed by atoms with van der Waals surface area (Å²) >= 11 is 0. The summed E-state index contributed by atoms with van der Waals surface area (Å²) in [4.78, 5) is 10.7. The summed E-state index contributed by atoms with van der Waals surface area (Å²) in [5, 5.41) is 0.203. The standard InChI is InChI=1S/C14H28O2Si/c1-7-8-9-10-13(11-12-15)16-17(5,6)14(2,3)4/h7-8,12-13H,9-11H2,1-6H3. The Morgan fingerprint density at radius 1 is 1.29 bits per heavy atom. The predicted molar refractivity (Wildman–Crippen MR) is 76.8 cm³/mol. The molecule has 0 aliphatic heterocycles. The lowest BCUT2D eigenvalue weighted by Gasteiger charge is -2.39. The van der Waals surface area contributed by atoms with Gasteiger partial charge in [0, 0.05) is 6.42 Å². The average Bonchev–Trinajstić information content (AvgIpc) is 2.16. The van der Waals surface area contributed by atoms with Gasteiger partial charge >= 0.3 is 0 Å². The monoisotopic (exact) mass is 256 g/mol. The molecule has 0 radical (unpaired) electrons. The Bertz CT molecular complexity index is 251. The fraction of sp³-hybridized carbons (Fsp3) is 0.786. The number of hydrogen-bond donors (Lipinski definition) is 0. The lowest BCUT2D eigenvalue weighted by molar-refractivity contribution is -0.109. The van der Waals surface area contributed by atoms with E-state index in [0.717, 1.165) is 19.1 Å². The van der Waals surface area contributed by atoms with Crippen molar-refractivity contribution in [2.45, 2.75) is 71.2 Å². The highest BCUT2D eigenvalue weighted by molar-refractivity contribution is 6.74. The molecule has 3 heteroatoms. The van der Waals surface area contributed by atoms with Crippen LogP contribution in [0, 0.1) is 0 Å². The molecule has 0 aliphatic carbocycles. The Kier molecular flexibility index (Phi) is 6.94. The number of rotatable bonds is 7. The number of allylic oxidation sites excluding steroid dienone is 2. The molecule has 0 saturated heterocycles. The third-order valence-corrected chi connectivity index (χ3v) is 8.05. The van der Waals surface area contributed by atoms with Gasteiger partial charge in [0.1, 0.15) is 6.29 Å². The minimum absolute atomic E-state index is 0.0876. The quantitative estimate of drug-likeness (QED) is 0.385. The van der Waals surface area contributed by atoms with Gasteiger partial charge in [-0.1, -0.05) is 32.9 Å². The molecule has 0 amide bonds. The minimum atomic E-state index is -1.75. The first-order chi connectivity index (χ1) is 7.74. The van der Waals surface area contributed by atoms with Gasteiger partial charge in [-0.2, -0.15) is 0 Å². The van der Waals surface area contributed by atoms with Gasteiger partial charge in [0.05, 0.1) is 6.10 Å². The van der Waals surface area contributed by atoms with E-state index in [-0.39, 0.29) is 11.1 Å². The fourth-order valence-electron chi connectivity index (χ4n) is 1.37. The van der Waals surface area contributed by atoms with Crippen LogP contribution < -0.4 is 0 Å². The molecule has 2 nitrogen and oxygen atoms in total. The molecule has 0 rings (SSSR count). The van der Waals surface area contributed by atoms with E-state index in [0.29, 0.717) is 6.42 Å². The van der Waals surface area contributed by atoms with Gasteiger partial charge in [-0.25, -0.2) is 0 Å². The van der Waals surface area contributed by atoms with Crippen LogP contribution in [0.2, 0.25) is 18.1 Å². The maximum atomic E-state index is 10.7. The van der Waals surface area contributed by atoms with Gasteiger partial charge in [-0.05, 0) is 37.9 Å². The van der Waals surface area contributed by atoms with Crippen molar-refractivity contribution in [1.82, 2.24) is 0 Å². The first kappa shape index (κ1) is 16.6. The highest BCUT2D eigenvalue weighted by Crippen LogP contribution is 2.38. The molecule has 0 aromatic carbocycles. The normalized spacial score (nSPS) is 15.2. The van der Waals surface area contributed by atoms with Crippen molar-refractivity contribution in [3.05, 3.63) is 12.2 Å². The number of carbonyl (C=O) groups excluding carboxylic acids is 1. The van der Waals surface area contributed by atoms with Crippen LogP contribution in [0.4, 0.5) is 0 Å². The Labute approximate surface area is 108 Å². The van der Waals surface area contributed by atoms with Gasteiger partial charge in [-0.3, -0.25) is 0 Å². The second-order valence-corrected chi connectivity index (χ2v) is 10.8. The van der Waals surface area contributed by atoms with Crippen LogP contribution in [0.15, 0.2) is 12.2 Å². The molecule has 0 bridgehead atoms. The van der Waals surface area contributed by atoms with Crippen LogP contribution in [0.25, 0.3) is 0 Å². The van der Waals surface area contributed by atoms with Crippen molar-refractivity contribution in [3.8, 4) is 0 Å². The molecule has 0 spiro atoms. The lowest BCUT2D eigenvalue weighted by Crippen LogP contribution is -2.44. The molecular formula is C14H28O2Si. The van der Waals surface area contributed by atoms with Crippen molar-refractivity contribution < 1.29 is 9.22 Å². The van der Waals surface area contributed by atoms with E-state index in [4.69, 9.17) is 4.43 Å².